The average Bonchev–Trinajstić information content (AvgIpc) is 4.04. The molecule has 8 rings (SSSR count). The molecule has 57 heavy (non-hydrogen) atoms. The fourth-order valence-electron chi connectivity index (χ4n) is 10.5. The molecule has 2 aliphatic carbocycles. The van der Waals surface area contributed by atoms with E-state index in [1.165, 1.54) is 21.1 Å². The van der Waals surface area contributed by atoms with E-state index >= 15 is 4.79 Å². The molecule has 312 valence electrons. The fraction of sp³-hybridized carbons (Fsp3) is 0.651. The molecule has 4 aromatic heterocycles. The second-order valence-electron chi connectivity index (χ2n) is 17.0. The van der Waals surface area contributed by atoms with Gasteiger partial charge in [-0.3, -0.25) is 24.4 Å². The van der Waals surface area contributed by atoms with E-state index in [-0.39, 0.29) is 30.3 Å². The number of nitrogens with zero attached hydrogens (tertiary/aromatic N) is 6. The molecule has 2 unspecified atom stereocenters. The van der Waals surface area contributed by atoms with Gasteiger partial charge >= 0.3 is 0 Å². The number of aromatic nitrogens is 4. The Bertz CT molecular complexity index is 1700. The first-order valence-electron chi connectivity index (χ1n) is 21.6. The standard InChI is InChI=1S/C43H64N10OS2.ClH/c1-3-19-52(31-9-11-33-37(25-31)55-42(44)48-33)27-29-13-21-50(22-14-29)39(35-7-5-17-46-35)41(54)40(36-8-6-18-47-36)51-23-15-30(16-24-51)28-53(20-4-2)32-10-12-34-38(26-32)56-43(45)49-34;/h5-8,17-18,29-32,39-40,46-47H,3-4,9-16,19-28H2,1-2H3,(H2,44,48)(H2,45,49);1H/t31?,32?,39-,40-;/m0./s1. The number of carbonyl (C=O) groups is 1. The number of nitrogens with one attached hydrogen (secondary N) is 2. The van der Waals surface area contributed by atoms with Gasteiger partial charge in [-0.05, 0) is 152 Å². The highest BCUT2D eigenvalue weighted by atomic mass is 35.5. The molecule has 4 aromatic rings. The number of halogens is 1. The van der Waals surface area contributed by atoms with Crippen molar-refractivity contribution in [2.75, 3.05) is 63.8 Å². The summed E-state index contributed by atoms with van der Waals surface area (Å²) in [4.78, 5) is 44.6. The Balaban J connectivity index is 0.00000496. The van der Waals surface area contributed by atoms with E-state index in [0.29, 0.717) is 34.2 Å². The van der Waals surface area contributed by atoms with Gasteiger partial charge in [0.05, 0.1) is 11.4 Å². The molecule has 11 nitrogen and oxygen atoms in total. The van der Waals surface area contributed by atoms with Crippen LogP contribution in [0, 0.1) is 11.8 Å². The predicted octanol–water partition coefficient (Wildman–Crippen LogP) is 7.16. The molecule has 0 saturated carbocycles. The van der Waals surface area contributed by atoms with Gasteiger partial charge in [0.1, 0.15) is 12.1 Å². The molecule has 2 fully saturated rings. The summed E-state index contributed by atoms with van der Waals surface area (Å²) in [5, 5.41) is 1.43. The van der Waals surface area contributed by atoms with Gasteiger partial charge in [-0.2, -0.15) is 0 Å². The zero-order valence-electron chi connectivity index (χ0n) is 34.0. The van der Waals surface area contributed by atoms with Crippen LogP contribution in [-0.4, -0.2) is 110 Å². The number of Topliss-reactive ketones (excluding diaryl/α,β-unsaturated/α-hetero) is 1. The lowest BCUT2D eigenvalue weighted by Gasteiger charge is -2.43. The number of piperidine rings is 2. The number of aryl methyl sites for hydroxylation is 2. The molecule has 14 heteroatoms. The summed E-state index contributed by atoms with van der Waals surface area (Å²) >= 11 is 3.37. The molecule has 0 amide bonds. The number of fused-ring (bicyclic) bond motifs is 2. The minimum absolute atomic E-state index is 0. The molecule has 0 aromatic carbocycles. The largest absolute Gasteiger partial charge is 0.375 e. The number of anilines is 2. The van der Waals surface area contributed by atoms with E-state index in [1.54, 1.807) is 22.7 Å². The molecule has 0 bridgehead atoms. The van der Waals surface area contributed by atoms with Gasteiger partial charge in [0, 0.05) is 58.7 Å². The number of hydrogen-bond donors (Lipinski definition) is 4. The van der Waals surface area contributed by atoms with Gasteiger partial charge in [0.2, 0.25) is 0 Å². The second-order valence-corrected chi connectivity index (χ2v) is 19.3. The molecule has 2 aliphatic heterocycles. The first kappa shape index (κ1) is 42.3. The van der Waals surface area contributed by atoms with Gasteiger partial charge in [-0.25, -0.2) is 9.97 Å². The van der Waals surface area contributed by atoms with Crippen LogP contribution in [0.25, 0.3) is 0 Å². The monoisotopic (exact) mass is 836 g/mol. The summed E-state index contributed by atoms with van der Waals surface area (Å²) in [7, 11) is 0. The zero-order valence-corrected chi connectivity index (χ0v) is 36.5. The number of carbonyl (C=O) groups excluding carboxylic acids is 1. The van der Waals surface area contributed by atoms with E-state index in [1.807, 2.05) is 24.5 Å². The van der Waals surface area contributed by atoms with Crippen LogP contribution in [0.2, 0.25) is 0 Å². The van der Waals surface area contributed by atoms with Crippen molar-refractivity contribution in [3.05, 3.63) is 69.2 Å². The van der Waals surface area contributed by atoms with Crippen molar-refractivity contribution < 1.29 is 4.79 Å². The number of rotatable bonds is 16. The van der Waals surface area contributed by atoms with E-state index in [0.717, 1.165) is 141 Å². The molecule has 2 saturated heterocycles. The van der Waals surface area contributed by atoms with Gasteiger partial charge in [-0.15, -0.1) is 35.1 Å². The zero-order chi connectivity index (χ0) is 38.6. The van der Waals surface area contributed by atoms with Gasteiger partial charge in [-0.1, -0.05) is 13.8 Å². The van der Waals surface area contributed by atoms with Crippen molar-refractivity contribution in [1.82, 2.24) is 39.5 Å². The predicted molar refractivity (Wildman–Crippen MR) is 236 cm³/mol. The molecule has 4 aliphatic rings. The Kier molecular flexibility index (Phi) is 14.5. The third kappa shape index (κ3) is 9.82. The van der Waals surface area contributed by atoms with Crippen LogP contribution in [0.3, 0.4) is 0 Å². The first-order valence-corrected chi connectivity index (χ1v) is 23.2. The van der Waals surface area contributed by atoms with E-state index in [9.17, 15) is 0 Å². The van der Waals surface area contributed by atoms with Crippen molar-refractivity contribution in [2.24, 2.45) is 11.8 Å². The smallest absolute Gasteiger partial charge is 0.180 e. The van der Waals surface area contributed by atoms with E-state index in [4.69, 9.17) is 11.5 Å². The number of likely N-dealkylation sites (tertiary alicyclic amines) is 2. The Hall–Kier alpha value is -2.78. The average molecular weight is 838 g/mol. The SMILES string of the molecule is CCCN(CC1CCN([C@H](C(=O)[C@H](c2ccc[nH]2)N2CCC(CN(CCC)C3CCc4nc(N)sc4C3)CC2)c2ccc[nH]2)CC1)C1CCc2nc(N)sc2C1.Cl. The molecule has 0 spiro atoms. The highest BCUT2D eigenvalue weighted by Gasteiger charge is 2.41. The quantitative estimate of drug-likeness (QED) is 0.0927. The van der Waals surface area contributed by atoms with Crippen molar-refractivity contribution in [3.63, 3.8) is 0 Å². The number of thiazole rings is 2. The molecule has 6 N–H and O–H groups in total. The Labute approximate surface area is 353 Å². The normalized spacial score (nSPS) is 22.3. The maximum atomic E-state index is 15.2. The van der Waals surface area contributed by atoms with Crippen LogP contribution in [-0.2, 0) is 30.5 Å². The van der Waals surface area contributed by atoms with Crippen LogP contribution >= 0.6 is 35.1 Å². The lowest BCUT2D eigenvalue weighted by Crippen LogP contribution is -2.49. The molecule has 4 atom stereocenters. The van der Waals surface area contributed by atoms with E-state index < -0.39 is 0 Å². The van der Waals surface area contributed by atoms with Gasteiger partial charge in [0.15, 0.2) is 16.0 Å². The van der Waals surface area contributed by atoms with Crippen LogP contribution < -0.4 is 11.5 Å². The topological polar surface area (TPSA) is 139 Å². The first-order chi connectivity index (χ1) is 27.4. The lowest BCUT2D eigenvalue weighted by atomic mass is 9.88. The third-order valence-corrected chi connectivity index (χ3v) is 15.2. The summed E-state index contributed by atoms with van der Waals surface area (Å²) < 4.78 is 0. The Morgan fingerprint density at radius 3 is 1.53 bits per heavy atom. The number of H-pyrrole nitrogens is 2. The maximum Gasteiger partial charge on any atom is 0.180 e. The highest BCUT2D eigenvalue weighted by Crippen LogP contribution is 2.38. The Morgan fingerprint density at radius 1 is 0.737 bits per heavy atom. The van der Waals surface area contributed by atoms with Crippen molar-refractivity contribution in [3.8, 4) is 0 Å². The summed E-state index contributed by atoms with van der Waals surface area (Å²) in [6.07, 6.45) is 17.3. The lowest BCUT2D eigenvalue weighted by molar-refractivity contribution is -0.132. The molecular formula is C43H65ClN10OS2. The number of nitrogens with two attached hydrogens (primary N) is 2. The number of hydrogen-bond acceptors (Lipinski definition) is 11. The number of aromatic amines is 2. The number of ketones is 1. The minimum atomic E-state index is -0.297. The molecule has 6 heterocycles. The van der Waals surface area contributed by atoms with Gasteiger partial charge in [0.25, 0.3) is 0 Å². The van der Waals surface area contributed by atoms with Crippen molar-refractivity contribution in [1.29, 1.82) is 0 Å². The molecular weight excluding hydrogens is 772 g/mol. The van der Waals surface area contributed by atoms with E-state index in [2.05, 4.69) is 65.5 Å². The summed E-state index contributed by atoms with van der Waals surface area (Å²) in [5.74, 6) is 1.55. The van der Waals surface area contributed by atoms with Crippen LogP contribution in [0.5, 0.6) is 0 Å². The number of nitrogen functional groups attached to an aromatic ring is 2. The summed E-state index contributed by atoms with van der Waals surface area (Å²) in [6.45, 7) is 12.9. The third-order valence-electron chi connectivity index (χ3n) is 13.3. The van der Waals surface area contributed by atoms with Crippen LogP contribution in [0.1, 0.15) is 110 Å². The minimum Gasteiger partial charge on any atom is -0.375 e. The summed E-state index contributed by atoms with van der Waals surface area (Å²) in [5.41, 5.74) is 16.7. The van der Waals surface area contributed by atoms with Crippen molar-refractivity contribution >= 4 is 51.1 Å². The van der Waals surface area contributed by atoms with Crippen LogP contribution in [0.15, 0.2) is 36.7 Å². The second kappa shape index (κ2) is 19.5. The summed E-state index contributed by atoms with van der Waals surface area (Å²) in [6, 6.07) is 8.87. The van der Waals surface area contributed by atoms with Crippen molar-refractivity contribution in [2.45, 2.75) is 115 Å². The maximum absolute atomic E-state index is 15.2. The van der Waals surface area contributed by atoms with Gasteiger partial charge < -0.3 is 21.4 Å². The Morgan fingerprint density at radius 2 is 1.16 bits per heavy atom. The molecule has 0 radical (unpaired) electrons. The van der Waals surface area contributed by atoms with Crippen LogP contribution in [0.4, 0.5) is 10.3 Å². The fourth-order valence-corrected chi connectivity index (χ4v) is 12.4. The highest BCUT2D eigenvalue weighted by molar-refractivity contribution is 7.15.